The van der Waals surface area contributed by atoms with Gasteiger partial charge in [0.2, 0.25) is 0 Å². The van der Waals surface area contributed by atoms with Crippen LogP contribution in [0.4, 0.5) is 0 Å². The summed E-state index contributed by atoms with van der Waals surface area (Å²) in [5.41, 5.74) is 1.62. The maximum atomic E-state index is 12.0. The first kappa shape index (κ1) is 19.0. The van der Waals surface area contributed by atoms with E-state index in [2.05, 4.69) is 17.4 Å². The molecule has 0 aliphatic carbocycles. The van der Waals surface area contributed by atoms with Crippen molar-refractivity contribution in [3.05, 3.63) is 64.7 Å². The van der Waals surface area contributed by atoms with Gasteiger partial charge in [-0.3, -0.25) is 9.59 Å². The molecule has 1 amide bonds. The fourth-order valence-corrected chi connectivity index (χ4v) is 2.64. The largest absolute Gasteiger partial charge is 0.483 e. The number of Topliss-reactive ketones (excluding diaryl/α,β-unsaturated/α-hetero) is 1. The Balaban J connectivity index is 1.81. The highest BCUT2D eigenvalue weighted by Gasteiger charge is 2.12. The molecule has 1 atom stereocenters. The minimum atomic E-state index is -0.218. The molecule has 0 aliphatic rings. The average Bonchev–Trinajstić information content (AvgIpc) is 2.59. The summed E-state index contributed by atoms with van der Waals surface area (Å²) in [6.45, 7) is 3.26. The van der Waals surface area contributed by atoms with Gasteiger partial charge in [0.15, 0.2) is 12.4 Å². The molecule has 2 rings (SSSR count). The number of hydrogen-bond donors (Lipinski definition) is 1. The van der Waals surface area contributed by atoms with Crippen molar-refractivity contribution in [1.29, 1.82) is 0 Å². The standard InChI is InChI=1S/C20H22ClNO3/c1-14(8-9-16-6-4-3-5-7-16)22-20(24)13-25-19-11-10-17(21)12-18(19)15(2)23/h3-7,10-12,14H,8-9,13H2,1-2H3,(H,22,24). The van der Waals surface area contributed by atoms with Crippen molar-refractivity contribution in [2.24, 2.45) is 0 Å². The fourth-order valence-electron chi connectivity index (χ4n) is 2.46. The van der Waals surface area contributed by atoms with Gasteiger partial charge in [0.05, 0.1) is 5.56 Å². The Hall–Kier alpha value is -2.33. The van der Waals surface area contributed by atoms with E-state index in [1.165, 1.54) is 12.5 Å². The van der Waals surface area contributed by atoms with E-state index >= 15 is 0 Å². The number of benzene rings is 2. The van der Waals surface area contributed by atoms with Gasteiger partial charge in [0.1, 0.15) is 5.75 Å². The highest BCUT2D eigenvalue weighted by atomic mass is 35.5. The van der Waals surface area contributed by atoms with Gasteiger partial charge in [-0.15, -0.1) is 0 Å². The number of carbonyl (C=O) groups excluding carboxylic acids is 2. The Morgan fingerprint density at radius 1 is 1.16 bits per heavy atom. The van der Waals surface area contributed by atoms with Crippen molar-refractivity contribution < 1.29 is 14.3 Å². The van der Waals surface area contributed by atoms with Gasteiger partial charge in [-0.2, -0.15) is 0 Å². The molecule has 0 saturated carbocycles. The summed E-state index contributed by atoms with van der Waals surface area (Å²) in [5.74, 6) is -0.0110. The van der Waals surface area contributed by atoms with Gasteiger partial charge in [0, 0.05) is 11.1 Å². The average molecular weight is 360 g/mol. The molecule has 0 bridgehead atoms. The zero-order chi connectivity index (χ0) is 18.2. The van der Waals surface area contributed by atoms with E-state index in [0.29, 0.717) is 16.3 Å². The van der Waals surface area contributed by atoms with Gasteiger partial charge in [-0.1, -0.05) is 41.9 Å². The quantitative estimate of drug-likeness (QED) is 0.723. The van der Waals surface area contributed by atoms with Crippen LogP contribution in [0.25, 0.3) is 0 Å². The molecule has 0 heterocycles. The predicted octanol–water partition coefficient (Wildman–Crippen LogP) is 4.06. The number of rotatable bonds is 8. The van der Waals surface area contributed by atoms with E-state index in [1.807, 2.05) is 25.1 Å². The summed E-state index contributed by atoms with van der Waals surface area (Å²) in [6.07, 6.45) is 1.74. The van der Waals surface area contributed by atoms with Crippen molar-refractivity contribution in [1.82, 2.24) is 5.32 Å². The highest BCUT2D eigenvalue weighted by molar-refractivity contribution is 6.31. The van der Waals surface area contributed by atoms with Crippen molar-refractivity contribution in [2.45, 2.75) is 32.7 Å². The van der Waals surface area contributed by atoms with Crippen LogP contribution in [0.2, 0.25) is 5.02 Å². The first-order chi connectivity index (χ1) is 12.0. The summed E-state index contributed by atoms with van der Waals surface area (Å²) in [5, 5.41) is 3.36. The topological polar surface area (TPSA) is 55.4 Å². The molecular weight excluding hydrogens is 338 g/mol. The van der Waals surface area contributed by atoms with E-state index in [-0.39, 0.29) is 24.3 Å². The van der Waals surface area contributed by atoms with E-state index in [0.717, 1.165) is 12.8 Å². The third kappa shape index (κ3) is 6.24. The molecule has 1 N–H and O–H groups in total. The van der Waals surface area contributed by atoms with Crippen LogP contribution in [0.15, 0.2) is 48.5 Å². The van der Waals surface area contributed by atoms with E-state index < -0.39 is 0 Å². The highest BCUT2D eigenvalue weighted by Crippen LogP contribution is 2.23. The molecule has 0 aromatic heterocycles. The number of hydrogen-bond acceptors (Lipinski definition) is 3. The summed E-state index contributed by atoms with van der Waals surface area (Å²) in [6, 6.07) is 14.9. The lowest BCUT2D eigenvalue weighted by Gasteiger charge is -2.15. The smallest absolute Gasteiger partial charge is 0.258 e. The molecule has 2 aromatic carbocycles. The van der Waals surface area contributed by atoms with Crippen molar-refractivity contribution >= 4 is 23.3 Å². The predicted molar refractivity (Wildman–Crippen MR) is 99.3 cm³/mol. The minimum Gasteiger partial charge on any atom is -0.483 e. The number of ketones is 1. The zero-order valence-electron chi connectivity index (χ0n) is 14.4. The molecule has 2 aromatic rings. The number of halogens is 1. The number of nitrogens with one attached hydrogen (secondary N) is 1. The summed E-state index contributed by atoms with van der Waals surface area (Å²) in [4.78, 5) is 23.7. The van der Waals surface area contributed by atoms with Crippen LogP contribution in [0, 0.1) is 0 Å². The van der Waals surface area contributed by atoms with Crippen LogP contribution in [-0.4, -0.2) is 24.3 Å². The third-order valence-corrected chi connectivity index (χ3v) is 4.03. The first-order valence-electron chi connectivity index (χ1n) is 8.22. The number of carbonyl (C=O) groups is 2. The van der Waals surface area contributed by atoms with Gasteiger partial charge < -0.3 is 10.1 Å². The molecule has 1 unspecified atom stereocenters. The van der Waals surface area contributed by atoms with Gasteiger partial charge in [0.25, 0.3) is 5.91 Å². The fraction of sp³-hybridized carbons (Fsp3) is 0.300. The van der Waals surface area contributed by atoms with Crippen LogP contribution in [0.3, 0.4) is 0 Å². The summed E-state index contributed by atoms with van der Waals surface area (Å²) < 4.78 is 5.49. The maximum absolute atomic E-state index is 12.0. The number of ether oxygens (including phenoxy) is 1. The molecule has 0 fully saturated rings. The number of aryl methyl sites for hydroxylation is 1. The second-order valence-electron chi connectivity index (χ2n) is 5.98. The zero-order valence-corrected chi connectivity index (χ0v) is 15.2. The van der Waals surface area contributed by atoms with Gasteiger partial charge in [-0.25, -0.2) is 0 Å². The van der Waals surface area contributed by atoms with Crippen LogP contribution >= 0.6 is 11.6 Å². The van der Waals surface area contributed by atoms with Crippen molar-refractivity contribution in [3.8, 4) is 5.75 Å². The lowest BCUT2D eigenvalue weighted by atomic mass is 10.1. The van der Waals surface area contributed by atoms with Gasteiger partial charge >= 0.3 is 0 Å². The van der Waals surface area contributed by atoms with Crippen LogP contribution in [0.1, 0.15) is 36.2 Å². The van der Waals surface area contributed by atoms with Crippen LogP contribution in [-0.2, 0) is 11.2 Å². The maximum Gasteiger partial charge on any atom is 0.258 e. The summed E-state index contributed by atoms with van der Waals surface area (Å²) >= 11 is 5.89. The van der Waals surface area contributed by atoms with E-state index in [1.54, 1.807) is 18.2 Å². The minimum absolute atomic E-state index is 0.0359. The molecule has 0 saturated heterocycles. The molecular formula is C20H22ClNO3. The Kier molecular flexibility index (Phi) is 7.02. The van der Waals surface area contributed by atoms with E-state index in [9.17, 15) is 9.59 Å². The lowest BCUT2D eigenvalue weighted by Crippen LogP contribution is -2.36. The van der Waals surface area contributed by atoms with Crippen molar-refractivity contribution in [2.75, 3.05) is 6.61 Å². The van der Waals surface area contributed by atoms with Gasteiger partial charge in [-0.05, 0) is 50.5 Å². The SMILES string of the molecule is CC(=O)c1cc(Cl)ccc1OCC(=O)NC(C)CCc1ccccc1. The third-order valence-electron chi connectivity index (χ3n) is 3.80. The van der Waals surface area contributed by atoms with Crippen LogP contribution < -0.4 is 10.1 Å². The Morgan fingerprint density at radius 2 is 1.88 bits per heavy atom. The Bertz CT molecular complexity index is 731. The van der Waals surface area contributed by atoms with Crippen molar-refractivity contribution in [3.63, 3.8) is 0 Å². The molecule has 0 spiro atoms. The van der Waals surface area contributed by atoms with E-state index in [4.69, 9.17) is 16.3 Å². The Morgan fingerprint density at radius 3 is 2.56 bits per heavy atom. The molecule has 25 heavy (non-hydrogen) atoms. The molecule has 0 radical (unpaired) electrons. The first-order valence-corrected chi connectivity index (χ1v) is 8.60. The second-order valence-corrected chi connectivity index (χ2v) is 6.41. The molecule has 0 aliphatic heterocycles. The molecule has 132 valence electrons. The number of amides is 1. The Labute approximate surface area is 153 Å². The lowest BCUT2D eigenvalue weighted by molar-refractivity contribution is -0.123. The normalized spacial score (nSPS) is 11.6. The summed E-state index contributed by atoms with van der Waals surface area (Å²) in [7, 11) is 0. The monoisotopic (exact) mass is 359 g/mol. The molecule has 4 nitrogen and oxygen atoms in total. The second kappa shape index (κ2) is 9.23. The van der Waals surface area contributed by atoms with Crippen LogP contribution in [0.5, 0.6) is 5.75 Å². The molecule has 5 heteroatoms.